The van der Waals surface area contributed by atoms with E-state index in [0.29, 0.717) is 19.4 Å². The van der Waals surface area contributed by atoms with E-state index >= 15 is 0 Å². The summed E-state index contributed by atoms with van der Waals surface area (Å²) in [6.07, 6.45) is 0.727. The number of nitrogens with zero attached hydrogens (tertiary/aromatic N) is 1. The van der Waals surface area contributed by atoms with Crippen molar-refractivity contribution in [3.8, 4) is 5.75 Å². The number of phenols is 1. The molecule has 37 heavy (non-hydrogen) atoms. The predicted molar refractivity (Wildman–Crippen MR) is 136 cm³/mol. The van der Waals surface area contributed by atoms with Gasteiger partial charge in [0.1, 0.15) is 31.0 Å². The highest BCUT2D eigenvalue weighted by molar-refractivity contribution is 5.90. The van der Waals surface area contributed by atoms with E-state index in [4.69, 9.17) is 9.47 Å². The number of hydrogen-bond donors (Lipinski definition) is 2. The molecule has 0 unspecified atom stereocenters. The molecule has 0 saturated carbocycles. The molecule has 1 fully saturated rings. The lowest BCUT2D eigenvalue weighted by atomic mass is 10.0. The van der Waals surface area contributed by atoms with Crippen LogP contribution in [0.4, 0.5) is 4.79 Å². The van der Waals surface area contributed by atoms with E-state index in [1.54, 1.807) is 12.1 Å². The number of hydrogen-bond acceptors (Lipinski definition) is 6. The molecule has 0 aliphatic carbocycles. The van der Waals surface area contributed by atoms with Crippen molar-refractivity contribution < 1.29 is 29.0 Å². The van der Waals surface area contributed by atoms with Gasteiger partial charge in [0.15, 0.2) is 0 Å². The van der Waals surface area contributed by atoms with Crippen LogP contribution >= 0.6 is 0 Å². The molecule has 2 N–H and O–H groups in total. The molecule has 0 bridgehead atoms. The van der Waals surface area contributed by atoms with E-state index in [1.807, 2.05) is 60.7 Å². The number of carbonyl (C=O) groups is 3. The summed E-state index contributed by atoms with van der Waals surface area (Å²) in [7, 11) is 0. The van der Waals surface area contributed by atoms with Crippen molar-refractivity contribution in [1.82, 2.24) is 10.2 Å². The molecule has 192 valence electrons. The number of esters is 1. The van der Waals surface area contributed by atoms with Crippen LogP contribution in [0.5, 0.6) is 5.75 Å². The van der Waals surface area contributed by atoms with Crippen molar-refractivity contribution in [1.29, 1.82) is 0 Å². The van der Waals surface area contributed by atoms with Gasteiger partial charge in [0.25, 0.3) is 0 Å². The molecular formula is C29H30N2O6. The Labute approximate surface area is 215 Å². The van der Waals surface area contributed by atoms with Crippen LogP contribution in [0.15, 0.2) is 84.9 Å². The van der Waals surface area contributed by atoms with E-state index in [9.17, 15) is 19.5 Å². The van der Waals surface area contributed by atoms with Crippen molar-refractivity contribution in [2.45, 2.75) is 44.6 Å². The molecule has 1 aliphatic heterocycles. The fraction of sp³-hybridized carbons (Fsp3) is 0.276. The van der Waals surface area contributed by atoms with Crippen molar-refractivity contribution >= 4 is 18.0 Å². The highest BCUT2D eigenvalue weighted by Gasteiger charge is 2.37. The average Bonchev–Trinajstić information content (AvgIpc) is 3.43. The summed E-state index contributed by atoms with van der Waals surface area (Å²) >= 11 is 0. The first kappa shape index (κ1) is 25.8. The van der Waals surface area contributed by atoms with Gasteiger partial charge in [0, 0.05) is 13.0 Å². The van der Waals surface area contributed by atoms with Crippen LogP contribution in [0.3, 0.4) is 0 Å². The molecule has 2 atom stereocenters. The van der Waals surface area contributed by atoms with Gasteiger partial charge < -0.3 is 19.9 Å². The van der Waals surface area contributed by atoms with Crippen molar-refractivity contribution in [2.75, 3.05) is 6.54 Å². The lowest BCUT2D eigenvalue weighted by Crippen LogP contribution is -2.52. The Balaban J connectivity index is 1.41. The summed E-state index contributed by atoms with van der Waals surface area (Å²) in [4.78, 5) is 40.4. The second-order valence-electron chi connectivity index (χ2n) is 8.92. The Morgan fingerprint density at radius 3 is 2.05 bits per heavy atom. The fourth-order valence-corrected chi connectivity index (χ4v) is 4.22. The molecule has 0 aromatic heterocycles. The molecule has 2 amide bonds. The van der Waals surface area contributed by atoms with Gasteiger partial charge in [-0.05, 0) is 41.7 Å². The van der Waals surface area contributed by atoms with Gasteiger partial charge in [-0.1, -0.05) is 72.8 Å². The van der Waals surface area contributed by atoms with Gasteiger partial charge in [0.2, 0.25) is 5.91 Å². The molecule has 1 aliphatic rings. The molecular weight excluding hydrogens is 472 g/mol. The monoisotopic (exact) mass is 502 g/mol. The molecule has 8 nitrogen and oxygen atoms in total. The second-order valence-corrected chi connectivity index (χ2v) is 8.92. The maximum Gasteiger partial charge on any atom is 0.410 e. The van der Waals surface area contributed by atoms with Gasteiger partial charge in [-0.15, -0.1) is 0 Å². The van der Waals surface area contributed by atoms with Gasteiger partial charge in [0.05, 0.1) is 0 Å². The number of benzene rings is 3. The molecule has 4 rings (SSSR count). The molecule has 0 spiro atoms. The summed E-state index contributed by atoms with van der Waals surface area (Å²) in [6, 6.07) is 23.3. The number of phenolic OH excluding ortho intramolecular Hbond substituents is 1. The first-order valence-corrected chi connectivity index (χ1v) is 12.3. The minimum Gasteiger partial charge on any atom is -0.508 e. The first-order valence-electron chi connectivity index (χ1n) is 12.3. The second kappa shape index (κ2) is 12.6. The zero-order valence-electron chi connectivity index (χ0n) is 20.4. The number of amides is 2. The Hall–Kier alpha value is -4.33. The quantitative estimate of drug-likeness (QED) is 0.429. The number of carbonyl (C=O) groups excluding carboxylic acids is 3. The highest BCUT2D eigenvalue weighted by Crippen LogP contribution is 2.20. The van der Waals surface area contributed by atoms with Crippen LogP contribution in [0, 0.1) is 0 Å². The van der Waals surface area contributed by atoms with E-state index in [1.165, 1.54) is 17.0 Å². The van der Waals surface area contributed by atoms with E-state index < -0.39 is 30.1 Å². The average molecular weight is 503 g/mol. The summed E-state index contributed by atoms with van der Waals surface area (Å²) in [6.45, 7) is 0.579. The van der Waals surface area contributed by atoms with Crippen LogP contribution in [0.25, 0.3) is 0 Å². The van der Waals surface area contributed by atoms with Crippen LogP contribution < -0.4 is 5.32 Å². The van der Waals surface area contributed by atoms with Crippen LogP contribution in [0.2, 0.25) is 0 Å². The van der Waals surface area contributed by atoms with Crippen LogP contribution in [-0.4, -0.2) is 46.6 Å². The Morgan fingerprint density at radius 2 is 1.43 bits per heavy atom. The van der Waals surface area contributed by atoms with E-state index in [2.05, 4.69) is 5.32 Å². The normalized spacial score (nSPS) is 15.6. The summed E-state index contributed by atoms with van der Waals surface area (Å²) < 4.78 is 10.9. The summed E-state index contributed by atoms with van der Waals surface area (Å²) in [5, 5.41) is 12.4. The lowest BCUT2D eigenvalue weighted by molar-refractivity contribution is -0.149. The summed E-state index contributed by atoms with van der Waals surface area (Å²) in [5.74, 6) is -0.914. The number of rotatable bonds is 9. The Morgan fingerprint density at radius 1 is 0.838 bits per heavy atom. The molecule has 0 radical (unpaired) electrons. The largest absolute Gasteiger partial charge is 0.508 e. The number of aromatic hydroxyl groups is 1. The fourth-order valence-electron chi connectivity index (χ4n) is 4.22. The predicted octanol–water partition coefficient (Wildman–Crippen LogP) is 3.96. The van der Waals surface area contributed by atoms with E-state index in [-0.39, 0.29) is 25.4 Å². The number of nitrogens with one attached hydrogen (secondary N) is 1. The zero-order chi connectivity index (χ0) is 26.0. The topological polar surface area (TPSA) is 105 Å². The van der Waals surface area contributed by atoms with Gasteiger partial charge in [-0.2, -0.15) is 0 Å². The maximum atomic E-state index is 13.3. The molecule has 8 heteroatoms. The van der Waals surface area contributed by atoms with Crippen LogP contribution in [0.1, 0.15) is 29.5 Å². The molecule has 3 aromatic rings. The minimum atomic E-state index is -0.969. The molecule has 1 saturated heterocycles. The minimum absolute atomic E-state index is 0.0724. The van der Waals surface area contributed by atoms with Crippen molar-refractivity contribution in [2.24, 2.45) is 0 Å². The number of ether oxygens (including phenoxy) is 2. The van der Waals surface area contributed by atoms with Gasteiger partial charge in [-0.3, -0.25) is 9.69 Å². The molecule has 1 heterocycles. The third kappa shape index (κ3) is 7.33. The van der Waals surface area contributed by atoms with Crippen LogP contribution in [-0.2, 0) is 38.7 Å². The van der Waals surface area contributed by atoms with Gasteiger partial charge in [-0.25, -0.2) is 9.59 Å². The molecule has 3 aromatic carbocycles. The standard InChI is InChI=1S/C29H30N2O6/c32-24-15-13-21(14-16-24)18-25(28(34)36-19-22-8-3-1-4-9-22)30-27(33)26-12-7-17-31(26)29(35)37-20-23-10-5-2-6-11-23/h1-6,8-11,13-16,25-26,32H,7,12,17-20H2,(H,30,33)/t25-,26+/m0/s1. The zero-order valence-corrected chi connectivity index (χ0v) is 20.4. The van der Waals surface area contributed by atoms with E-state index in [0.717, 1.165) is 16.7 Å². The maximum absolute atomic E-state index is 13.3. The van der Waals surface area contributed by atoms with Crippen molar-refractivity contribution in [3.05, 3.63) is 102 Å². The Kier molecular flexibility index (Phi) is 8.75. The Bertz CT molecular complexity index is 1180. The third-order valence-electron chi connectivity index (χ3n) is 6.20. The summed E-state index contributed by atoms with van der Waals surface area (Å²) in [5.41, 5.74) is 2.42. The third-order valence-corrected chi connectivity index (χ3v) is 6.20. The first-order chi connectivity index (χ1) is 18.0. The van der Waals surface area contributed by atoms with Crippen molar-refractivity contribution in [3.63, 3.8) is 0 Å². The van der Waals surface area contributed by atoms with Gasteiger partial charge >= 0.3 is 12.1 Å². The SMILES string of the molecule is O=C(OCc1ccccc1)[C@H](Cc1ccc(O)cc1)NC(=O)[C@H]1CCCN1C(=O)OCc1ccccc1. The highest BCUT2D eigenvalue weighted by atomic mass is 16.6. The number of likely N-dealkylation sites (tertiary alicyclic amines) is 1. The lowest BCUT2D eigenvalue weighted by Gasteiger charge is -2.25. The smallest absolute Gasteiger partial charge is 0.410 e.